The Balaban J connectivity index is 2.97. The van der Waals surface area contributed by atoms with Gasteiger partial charge in [0.1, 0.15) is 12.1 Å². The second-order valence-electron chi connectivity index (χ2n) is 6.24. The SMILES string of the molecule is CCOC(=O)Oc1ccc(C[C@H](NCC(C)OC(=O)OC)C(=O)O)cc1OC(=O)OCC. The van der Waals surface area contributed by atoms with Crippen LogP contribution in [0.2, 0.25) is 0 Å². The summed E-state index contributed by atoms with van der Waals surface area (Å²) >= 11 is 0. The summed E-state index contributed by atoms with van der Waals surface area (Å²) in [5.41, 5.74) is 0.446. The van der Waals surface area contributed by atoms with Crippen LogP contribution in [0.25, 0.3) is 0 Å². The van der Waals surface area contributed by atoms with Crippen molar-refractivity contribution in [1.29, 1.82) is 0 Å². The molecule has 1 aromatic rings. The third-order valence-electron chi connectivity index (χ3n) is 3.77. The van der Waals surface area contributed by atoms with Crippen molar-refractivity contribution >= 4 is 24.4 Å². The molecule has 0 heterocycles. The number of hydrogen-bond acceptors (Lipinski definition) is 11. The predicted octanol–water partition coefficient (Wildman–Crippen LogP) is 2.51. The smallest absolute Gasteiger partial charge is 0.480 e. The fourth-order valence-corrected chi connectivity index (χ4v) is 2.36. The molecule has 2 atom stereocenters. The summed E-state index contributed by atoms with van der Waals surface area (Å²) in [5.74, 6) is -1.42. The lowest BCUT2D eigenvalue weighted by Crippen LogP contribution is -2.42. The average Bonchev–Trinajstić information content (AvgIpc) is 2.72. The van der Waals surface area contributed by atoms with Gasteiger partial charge in [0.2, 0.25) is 0 Å². The van der Waals surface area contributed by atoms with E-state index in [9.17, 15) is 24.3 Å². The number of carbonyl (C=O) groups is 4. The Hall–Kier alpha value is -3.54. The van der Waals surface area contributed by atoms with Crippen LogP contribution < -0.4 is 14.8 Å². The zero-order valence-corrected chi connectivity index (χ0v) is 18.2. The minimum absolute atomic E-state index is 0.0286. The van der Waals surface area contributed by atoms with E-state index in [1.807, 2.05) is 0 Å². The number of nitrogens with one attached hydrogen (secondary N) is 1. The predicted molar refractivity (Wildman–Crippen MR) is 108 cm³/mol. The van der Waals surface area contributed by atoms with Gasteiger partial charge in [0.25, 0.3) is 0 Å². The fourth-order valence-electron chi connectivity index (χ4n) is 2.36. The van der Waals surface area contributed by atoms with Crippen molar-refractivity contribution in [2.24, 2.45) is 0 Å². The molecule has 12 heteroatoms. The van der Waals surface area contributed by atoms with Crippen LogP contribution in [0, 0.1) is 0 Å². The quantitative estimate of drug-likeness (QED) is 0.285. The van der Waals surface area contributed by atoms with Crippen LogP contribution in [0.4, 0.5) is 14.4 Å². The number of carboxylic acids is 1. The van der Waals surface area contributed by atoms with E-state index in [2.05, 4.69) is 10.1 Å². The topological polar surface area (TPSA) is 156 Å². The average molecular weight is 457 g/mol. The van der Waals surface area contributed by atoms with Gasteiger partial charge in [0, 0.05) is 6.54 Å². The number of hydrogen-bond donors (Lipinski definition) is 2. The molecular formula is C20H27NO11. The molecule has 0 amide bonds. The van der Waals surface area contributed by atoms with E-state index in [1.165, 1.54) is 18.2 Å². The van der Waals surface area contributed by atoms with Crippen LogP contribution >= 0.6 is 0 Å². The summed E-state index contributed by atoms with van der Waals surface area (Å²) in [5, 5.41) is 12.3. The number of carboxylic acid groups (broad SMARTS) is 1. The minimum Gasteiger partial charge on any atom is -0.480 e. The van der Waals surface area contributed by atoms with Crippen molar-refractivity contribution in [3.8, 4) is 11.5 Å². The molecular weight excluding hydrogens is 430 g/mol. The summed E-state index contributed by atoms with van der Waals surface area (Å²) in [6, 6.07) is 3.12. The number of rotatable bonds is 11. The van der Waals surface area contributed by atoms with E-state index in [4.69, 9.17) is 23.7 Å². The van der Waals surface area contributed by atoms with Gasteiger partial charge in [-0.05, 0) is 44.9 Å². The molecule has 0 fully saturated rings. The van der Waals surface area contributed by atoms with E-state index in [0.29, 0.717) is 5.56 Å². The summed E-state index contributed by atoms with van der Waals surface area (Å²) in [6.07, 6.45) is -3.59. The highest BCUT2D eigenvalue weighted by Crippen LogP contribution is 2.30. The molecule has 0 spiro atoms. The highest BCUT2D eigenvalue weighted by molar-refractivity contribution is 5.74. The monoisotopic (exact) mass is 457 g/mol. The molecule has 0 aliphatic heterocycles. The molecule has 0 aromatic heterocycles. The molecule has 0 saturated heterocycles. The van der Waals surface area contributed by atoms with Crippen molar-refractivity contribution in [3.05, 3.63) is 23.8 Å². The van der Waals surface area contributed by atoms with Gasteiger partial charge < -0.3 is 38.8 Å². The number of ether oxygens (including phenoxy) is 6. The first-order chi connectivity index (χ1) is 15.2. The van der Waals surface area contributed by atoms with Crippen LogP contribution in [0.5, 0.6) is 11.5 Å². The van der Waals surface area contributed by atoms with Crippen molar-refractivity contribution in [2.45, 2.75) is 39.3 Å². The molecule has 178 valence electrons. The lowest BCUT2D eigenvalue weighted by atomic mass is 10.0. The largest absolute Gasteiger partial charge is 0.513 e. The van der Waals surface area contributed by atoms with Gasteiger partial charge in [-0.1, -0.05) is 6.07 Å². The third kappa shape index (κ3) is 9.51. The van der Waals surface area contributed by atoms with E-state index in [0.717, 1.165) is 7.11 Å². The molecule has 0 saturated carbocycles. The summed E-state index contributed by atoms with van der Waals surface area (Å²) in [7, 11) is 1.16. The minimum atomic E-state index is -1.16. The molecule has 12 nitrogen and oxygen atoms in total. The van der Waals surface area contributed by atoms with Crippen LogP contribution in [0.1, 0.15) is 26.3 Å². The summed E-state index contributed by atoms with van der Waals surface area (Å²) < 4.78 is 28.8. The second-order valence-corrected chi connectivity index (χ2v) is 6.24. The lowest BCUT2D eigenvalue weighted by molar-refractivity contribution is -0.139. The van der Waals surface area contributed by atoms with Gasteiger partial charge >= 0.3 is 24.4 Å². The molecule has 0 aliphatic carbocycles. The highest BCUT2D eigenvalue weighted by Gasteiger charge is 2.22. The van der Waals surface area contributed by atoms with Crippen molar-refractivity contribution < 1.29 is 52.7 Å². The molecule has 1 unspecified atom stereocenters. The van der Waals surface area contributed by atoms with Crippen molar-refractivity contribution in [3.63, 3.8) is 0 Å². The van der Waals surface area contributed by atoms with Crippen molar-refractivity contribution in [2.75, 3.05) is 26.9 Å². The first kappa shape index (κ1) is 26.5. The Kier molecular flexibility index (Phi) is 11.3. The fraction of sp³-hybridized carbons (Fsp3) is 0.500. The molecule has 0 radical (unpaired) electrons. The summed E-state index contributed by atoms with van der Waals surface area (Å²) in [4.78, 5) is 46.1. The van der Waals surface area contributed by atoms with Gasteiger partial charge in [-0.15, -0.1) is 0 Å². The Morgan fingerprint density at radius 1 is 0.969 bits per heavy atom. The lowest BCUT2D eigenvalue weighted by Gasteiger charge is -2.18. The van der Waals surface area contributed by atoms with E-state index in [-0.39, 0.29) is 37.7 Å². The molecule has 2 N–H and O–H groups in total. The van der Waals surface area contributed by atoms with Gasteiger partial charge in [-0.25, -0.2) is 14.4 Å². The van der Waals surface area contributed by atoms with Gasteiger partial charge in [-0.3, -0.25) is 4.79 Å². The molecule has 0 bridgehead atoms. The Morgan fingerprint density at radius 2 is 1.56 bits per heavy atom. The Morgan fingerprint density at radius 3 is 2.09 bits per heavy atom. The van der Waals surface area contributed by atoms with Crippen LogP contribution in [0.3, 0.4) is 0 Å². The molecule has 32 heavy (non-hydrogen) atoms. The van der Waals surface area contributed by atoms with E-state index in [1.54, 1.807) is 20.8 Å². The van der Waals surface area contributed by atoms with Gasteiger partial charge in [0.15, 0.2) is 11.5 Å². The number of methoxy groups -OCH3 is 1. The van der Waals surface area contributed by atoms with Crippen LogP contribution in [-0.4, -0.2) is 68.6 Å². The van der Waals surface area contributed by atoms with Crippen LogP contribution in [-0.2, 0) is 30.2 Å². The van der Waals surface area contributed by atoms with Gasteiger partial charge in [0.05, 0.1) is 20.3 Å². The molecule has 1 rings (SSSR count). The number of benzene rings is 1. The zero-order chi connectivity index (χ0) is 24.1. The molecule has 1 aromatic carbocycles. The maximum absolute atomic E-state index is 11.7. The highest BCUT2D eigenvalue weighted by atomic mass is 16.7. The maximum Gasteiger partial charge on any atom is 0.513 e. The van der Waals surface area contributed by atoms with Crippen LogP contribution in [0.15, 0.2) is 18.2 Å². The maximum atomic E-state index is 11.7. The Bertz CT molecular complexity index is 796. The third-order valence-corrected chi connectivity index (χ3v) is 3.77. The normalized spacial score (nSPS) is 12.1. The standard InChI is InChI=1S/C20H27NO11/c1-5-28-19(25)31-15-8-7-13(10-16(15)32-20(26)29-6-2)9-14(17(22)23)21-11-12(3)30-18(24)27-4/h7-8,10,12,14,21H,5-6,9,11H2,1-4H3,(H,22,23)/t12?,14-/m0/s1. The number of carbonyl (C=O) groups excluding carboxylic acids is 3. The van der Waals surface area contributed by atoms with E-state index < -0.39 is 36.6 Å². The second kappa shape index (κ2) is 13.7. The molecule has 0 aliphatic rings. The van der Waals surface area contributed by atoms with E-state index >= 15 is 0 Å². The Labute approximate surface area is 184 Å². The summed E-state index contributed by atoms with van der Waals surface area (Å²) in [6.45, 7) is 4.93. The number of aliphatic carboxylic acids is 1. The first-order valence-electron chi connectivity index (χ1n) is 9.72. The zero-order valence-electron chi connectivity index (χ0n) is 18.2. The van der Waals surface area contributed by atoms with Crippen molar-refractivity contribution in [1.82, 2.24) is 5.32 Å². The first-order valence-corrected chi connectivity index (χ1v) is 9.72. The van der Waals surface area contributed by atoms with Gasteiger partial charge in [-0.2, -0.15) is 0 Å².